The van der Waals surface area contributed by atoms with Crippen LogP contribution < -0.4 is 9.99 Å². The number of benzene rings is 3. The van der Waals surface area contributed by atoms with E-state index in [1.54, 1.807) is 10.3 Å². The second-order valence-corrected chi connectivity index (χ2v) is 10.1. The van der Waals surface area contributed by atoms with Crippen LogP contribution >= 0.6 is 20.7 Å². The number of nitrogens with one attached hydrogen (secondary N) is 1. The van der Waals surface area contributed by atoms with Crippen LogP contribution in [0.25, 0.3) is 22.3 Å². The highest BCUT2D eigenvalue weighted by Crippen LogP contribution is 2.45. The summed E-state index contributed by atoms with van der Waals surface area (Å²) in [5.74, 6) is 0. The van der Waals surface area contributed by atoms with Crippen LogP contribution in [-0.4, -0.2) is 0 Å². The number of anilines is 1. The Labute approximate surface area is 178 Å². The van der Waals surface area contributed by atoms with Crippen molar-refractivity contribution >= 4 is 32.1 Å². The Morgan fingerprint density at radius 3 is 2.31 bits per heavy atom. The van der Waals surface area contributed by atoms with Gasteiger partial charge in [-0.1, -0.05) is 74.8 Å². The summed E-state index contributed by atoms with van der Waals surface area (Å²) in [5, 5.41) is 3.70. The van der Waals surface area contributed by atoms with Crippen LogP contribution in [0.2, 0.25) is 0 Å². The van der Waals surface area contributed by atoms with Crippen molar-refractivity contribution in [3.63, 3.8) is 0 Å². The van der Waals surface area contributed by atoms with Crippen molar-refractivity contribution in [3.05, 3.63) is 87.9 Å². The predicted octanol–water partition coefficient (Wildman–Crippen LogP) is 7.35. The first-order valence-corrected chi connectivity index (χ1v) is 11.9. The molecule has 2 nitrogen and oxygen atoms in total. The van der Waals surface area contributed by atoms with Gasteiger partial charge in [-0.05, 0) is 56.2 Å². The maximum atomic E-state index is 5.04. The fourth-order valence-electron chi connectivity index (χ4n) is 3.83. The Morgan fingerprint density at radius 1 is 0.828 bits per heavy atom. The number of hydrogen-bond acceptors (Lipinski definition) is 4. The molecule has 4 aromatic rings. The highest BCUT2D eigenvalue weighted by Gasteiger charge is 2.33. The van der Waals surface area contributed by atoms with E-state index >= 15 is 0 Å². The molecule has 0 radical (unpaired) electrons. The summed E-state index contributed by atoms with van der Waals surface area (Å²) in [5.41, 5.74) is 8.35. The van der Waals surface area contributed by atoms with Crippen LogP contribution in [0.5, 0.6) is 0 Å². The zero-order valence-corrected chi connectivity index (χ0v) is 18.3. The Hall–Kier alpha value is -2.69. The summed E-state index contributed by atoms with van der Waals surface area (Å²) >= 11 is 0. The molecular weight excluding hydrogens is 392 g/mol. The number of nitrogens with zero attached hydrogens (tertiary/aromatic N) is 1. The smallest absolute Gasteiger partial charge is 0.135 e. The van der Waals surface area contributed by atoms with E-state index in [1.165, 1.54) is 38.4 Å². The topological polar surface area (TPSA) is 24.4 Å². The van der Waals surface area contributed by atoms with E-state index in [1.807, 2.05) is 16.4 Å². The van der Waals surface area contributed by atoms with Gasteiger partial charge in [-0.3, -0.25) is 0 Å². The Kier molecular flexibility index (Phi) is 4.41. The summed E-state index contributed by atoms with van der Waals surface area (Å²) in [6.45, 7) is 6.64. The molecule has 0 saturated heterocycles. The normalized spacial score (nSPS) is 14.8. The average Bonchev–Trinajstić information content (AvgIpc) is 3.15. The fraction of sp³-hybridized carbons (Fsp3) is 0.160. The summed E-state index contributed by atoms with van der Waals surface area (Å²) < 4.78 is 1.10. The minimum Gasteiger partial charge on any atom is -0.375 e. The van der Waals surface area contributed by atoms with Crippen LogP contribution in [0.3, 0.4) is 0 Å². The van der Waals surface area contributed by atoms with Crippen molar-refractivity contribution in [1.29, 1.82) is 0 Å². The summed E-state index contributed by atoms with van der Waals surface area (Å²) in [6, 6.07) is 25.6. The maximum Gasteiger partial charge on any atom is 0.135 e. The molecule has 0 aliphatic carbocycles. The van der Waals surface area contributed by atoms with Gasteiger partial charge in [0.2, 0.25) is 0 Å². The van der Waals surface area contributed by atoms with E-state index in [0.29, 0.717) is 0 Å². The third-order valence-electron chi connectivity index (χ3n) is 5.31. The van der Waals surface area contributed by atoms with Gasteiger partial charge in [0.15, 0.2) is 0 Å². The zero-order chi connectivity index (χ0) is 20.0. The minimum absolute atomic E-state index is 0.0936. The van der Waals surface area contributed by atoms with Gasteiger partial charge >= 0.3 is 0 Å². The molecule has 0 saturated carbocycles. The largest absolute Gasteiger partial charge is 0.375 e. The molecule has 1 aliphatic rings. The lowest BCUT2D eigenvalue weighted by atomic mass is 9.89. The van der Waals surface area contributed by atoms with E-state index in [-0.39, 0.29) is 5.54 Å². The van der Waals surface area contributed by atoms with E-state index in [4.69, 9.17) is 4.99 Å². The van der Waals surface area contributed by atoms with Crippen molar-refractivity contribution in [2.24, 2.45) is 4.99 Å². The van der Waals surface area contributed by atoms with E-state index in [2.05, 4.69) is 92.8 Å². The van der Waals surface area contributed by atoms with Gasteiger partial charge in [0.1, 0.15) is 4.67 Å². The molecule has 1 N–H and O–H groups in total. The van der Waals surface area contributed by atoms with Crippen molar-refractivity contribution in [3.8, 4) is 22.3 Å². The van der Waals surface area contributed by atoms with Gasteiger partial charge in [-0.25, -0.2) is 4.99 Å². The molecule has 0 spiro atoms. The second-order valence-electron chi connectivity index (χ2n) is 8.00. The molecule has 2 heterocycles. The quantitative estimate of drug-likeness (QED) is 0.341. The third-order valence-corrected chi connectivity index (χ3v) is 7.95. The van der Waals surface area contributed by atoms with Gasteiger partial charge < -0.3 is 5.32 Å². The van der Waals surface area contributed by atoms with Crippen LogP contribution in [0.15, 0.2) is 77.8 Å². The molecule has 144 valence electrons. The molecule has 4 heteroatoms. The Bertz CT molecular complexity index is 1250. The van der Waals surface area contributed by atoms with Gasteiger partial charge in [0.25, 0.3) is 0 Å². The predicted molar refractivity (Wildman–Crippen MR) is 126 cm³/mol. The highest BCUT2D eigenvalue weighted by molar-refractivity contribution is 7.68. The monoisotopic (exact) mass is 414 g/mol. The van der Waals surface area contributed by atoms with E-state index in [9.17, 15) is 0 Å². The van der Waals surface area contributed by atoms with Gasteiger partial charge in [-0.2, -0.15) is 0 Å². The first kappa shape index (κ1) is 18.3. The SMILES string of the molecule is Cc1ccc2c(c1)-c1c(ssc1=Nc1ccc(-c3ccccc3)cc1)C(C)(C)N2. The van der Waals surface area contributed by atoms with Crippen LogP contribution in [0.4, 0.5) is 11.4 Å². The molecule has 0 atom stereocenters. The average molecular weight is 415 g/mol. The van der Waals surface area contributed by atoms with Gasteiger partial charge in [0, 0.05) is 16.8 Å². The number of fused-ring (bicyclic) bond motifs is 3. The van der Waals surface area contributed by atoms with Crippen LogP contribution in [0, 0.1) is 6.92 Å². The van der Waals surface area contributed by atoms with Crippen LogP contribution in [-0.2, 0) is 5.54 Å². The molecule has 5 rings (SSSR count). The summed E-state index contributed by atoms with van der Waals surface area (Å²) in [4.78, 5) is 6.41. The third kappa shape index (κ3) is 3.33. The van der Waals surface area contributed by atoms with Crippen molar-refractivity contribution in [2.75, 3.05) is 5.32 Å². The molecule has 1 aliphatic heterocycles. The Morgan fingerprint density at radius 2 is 1.55 bits per heavy atom. The van der Waals surface area contributed by atoms with Gasteiger partial charge in [0.05, 0.1) is 16.1 Å². The molecule has 0 bridgehead atoms. The lowest BCUT2D eigenvalue weighted by molar-refractivity contribution is 0.619. The van der Waals surface area contributed by atoms with Crippen molar-refractivity contribution in [2.45, 2.75) is 26.3 Å². The van der Waals surface area contributed by atoms with E-state index < -0.39 is 0 Å². The number of rotatable bonds is 2. The van der Waals surface area contributed by atoms with Crippen LogP contribution in [0.1, 0.15) is 24.3 Å². The second kappa shape index (κ2) is 6.97. The van der Waals surface area contributed by atoms with Crippen molar-refractivity contribution in [1.82, 2.24) is 0 Å². The number of aryl methyl sites for hydroxylation is 1. The Balaban J connectivity index is 1.62. The molecule has 29 heavy (non-hydrogen) atoms. The first-order chi connectivity index (χ1) is 14.0. The zero-order valence-electron chi connectivity index (χ0n) is 16.7. The lowest BCUT2D eigenvalue weighted by Gasteiger charge is -2.33. The van der Waals surface area contributed by atoms with E-state index in [0.717, 1.165) is 10.4 Å². The highest BCUT2D eigenvalue weighted by atomic mass is 32.9. The summed E-state index contributed by atoms with van der Waals surface area (Å²) in [6.07, 6.45) is 0. The molecule has 3 aromatic carbocycles. The summed E-state index contributed by atoms with van der Waals surface area (Å²) in [7, 11) is 3.60. The number of hydrogen-bond donors (Lipinski definition) is 1. The fourth-order valence-corrected chi connectivity index (χ4v) is 6.77. The molecule has 0 amide bonds. The van der Waals surface area contributed by atoms with Gasteiger partial charge in [-0.15, -0.1) is 0 Å². The van der Waals surface area contributed by atoms with Crippen molar-refractivity contribution < 1.29 is 0 Å². The molecular formula is C25H22N2S2. The standard InChI is InChI=1S/C25H22N2S2/c1-16-9-14-21-20(15-16)22-23(25(2,3)27-21)28-29-24(22)26-19-12-10-18(11-13-19)17-7-5-4-6-8-17/h4-15,27H,1-3H3. The molecule has 0 unspecified atom stereocenters. The first-order valence-electron chi connectivity index (χ1n) is 9.74. The minimum atomic E-state index is -0.0936. The maximum absolute atomic E-state index is 5.04. The lowest BCUT2D eigenvalue weighted by Crippen LogP contribution is -2.31. The molecule has 0 fully saturated rings. The molecule has 1 aromatic heterocycles.